The summed E-state index contributed by atoms with van der Waals surface area (Å²) >= 11 is 0. The highest BCUT2D eigenvalue weighted by Gasteiger charge is 2.15. The van der Waals surface area contributed by atoms with Crippen LogP contribution in [-0.4, -0.2) is 31.3 Å². The Bertz CT molecular complexity index is 333. The number of carbonyl (C=O) groups excluding carboxylic acids is 2. The average Bonchev–Trinajstić information content (AvgIpc) is 2.54. The molecule has 5 nitrogen and oxygen atoms in total. The molecule has 0 aromatic carbocycles. The molecule has 0 radical (unpaired) electrons. The van der Waals surface area contributed by atoms with Crippen LogP contribution in [0.4, 0.5) is 4.79 Å². The minimum Gasteiger partial charge on any atom is -0.466 e. The number of carbonyl (C=O) groups is 2. The quantitative estimate of drug-likeness (QED) is 0.362. The highest BCUT2D eigenvalue weighted by Crippen LogP contribution is 2.12. The zero-order valence-corrected chi connectivity index (χ0v) is 16.1. The molecule has 0 aliphatic carbocycles. The maximum absolute atomic E-state index is 11.8. The van der Waals surface area contributed by atoms with Crippen molar-refractivity contribution in [1.29, 1.82) is 0 Å². The molecule has 1 amide bonds. The van der Waals surface area contributed by atoms with E-state index in [1.54, 1.807) is 6.92 Å². The Morgan fingerprint density at radius 1 is 0.958 bits per heavy atom. The molecule has 2 atom stereocenters. The Labute approximate surface area is 147 Å². The van der Waals surface area contributed by atoms with E-state index in [0.29, 0.717) is 19.1 Å². The maximum atomic E-state index is 11.8. The molecule has 0 rings (SSSR count). The normalized spacial score (nSPS) is 13.2. The second-order valence-electron chi connectivity index (χ2n) is 6.55. The molecule has 0 aromatic rings. The van der Waals surface area contributed by atoms with Crippen molar-refractivity contribution in [2.45, 2.75) is 91.5 Å². The van der Waals surface area contributed by atoms with Gasteiger partial charge in [0.1, 0.15) is 0 Å². The predicted molar refractivity (Wildman–Crippen MR) is 97.0 cm³/mol. The van der Waals surface area contributed by atoms with Crippen LogP contribution in [0.15, 0.2) is 0 Å². The van der Waals surface area contributed by atoms with Gasteiger partial charge in [-0.25, -0.2) is 4.79 Å². The second-order valence-corrected chi connectivity index (χ2v) is 6.55. The van der Waals surface area contributed by atoms with Crippen LogP contribution in [0.1, 0.15) is 85.5 Å². The first-order valence-corrected chi connectivity index (χ1v) is 9.62. The fraction of sp³-hybridized carbons (Fsp3) is 0.895. The number of hydrogen-bond acceptors (Lipinski definition) is 4. The van der Waals surface area contributed by atoms with Gasteiger partial charge in [-0.2, -0.15) is 0 Å². The van der Waals surface area contributed by atoms with E-state index in [1.807, 2.05) is 0 Å². The molecule has 0 fully saturated rings. The second kappa shape index (κ2) is 15.3. The lowest BCUT2D eigenvalue weighted by Crippen LogP contribution is -2.35. The van der Waals surface area contributed by atoms with Gasteiger partial charge in [-0.05, 0) is 25.7 Å². The molecule has 24 heavy (non-hydrogen) atoms. The first-order valence-electron chi connectivity index (χ1n) is 9.62. The van der Waals surface area contributed by atoms with Crippen LogP contribution >= 0.6 is 0 Å². The summed E-state index contributed by atoms with van der Waals surface area (Å²) in [6.45, 7) is 9.10. The first-order chi connectivity index (χ1) is 11.5. The molecule has 1 N–H and O–H groups in total. The van der Waals surface area contributed by atoms with E-state index in [0.717, 1.165) is 44.9 Å². The van der Waals surface area contributed by atoms with Crippen LogP contribution in [-0.2, 0) is 14.3 Å². The largest absolute Gasteiger partial charge is 0.466 e. The van der Waals surface area contributed by atoms with Crippen molar-refractivity contribution < 1.29 is 19.1 Å². The number of nitrogens with one attached hydrogen (secondary N) is 1. The smallest absolute Gasteiger partial charge is 0.407 e. The number of unbranched alkanes of at least 4 members (excludes halogenated alkanes) is 4. The third kappa shape index (κ3) is 13.2. The van der Waals surface area contributed by atoms with Gasteiger partial charge in [-0.1, -0.05) is 59.3 Å². The summed E-state index contributed by atoms with van der Waals surface area (Å²) in [5.74, 6) is 0.146. The van der Waals surface area contributed by atoms with E-state index in [-0.39, 0.29) is 18.4 Å². The number of alkyl carbamates (subject to hydrolysis) is 1. The van der Waals surface area contributed by atoms with Gasteiger partial charge in [0.2, 0.25) is 0 Å². The van der Waals surface area contributed by atoms with Crippen LogP contribution < -0.4 is 5.32 Å². The lowest BCUT2D eigenvalue weighted by molar-refractivity contribution is -0.144. The van der Waals surface area contributed by atoms with Crippen molar-refractivity contribution in [3.8, 4) is 0 Å². The maximum Gasteiger partial charge on any atom is 0.407 e. The molecule has 0 aliphatic heterocycles. The topological polar surface area (TPSA) is 64.6 Å². The van der Waals surface area contributed by atoms with Gasteiger partial charge in [-0.3, -0.25) is 4.79 Å². The van der Waals surface area contributed by atoms with E-state index in [1.165, 1.54) is 6.42 Å². The van der Waals surface area contributed by atoms with Crippen LogP contribution in [0, 0.1) is 5.92 Å². The zero-order valence-electron chi connectivity index (χ0n) is 16.1. The number of rotatable bonds is 14. The van der Waals surface area contributed by atoms with Crippen molar-refractivity contribution in [2.75, 3.05) is 13.2 Å². The minimum absolute atomic E-state index is 0.177. The number of esters is 1. The third-order valence-corrected chi connectivity index (χ3v) is 4.09. The van der Waals surface area contributed by atoms with Gasteiger partial charge in [0.25, 0.3) is 0 Å². The lowest BCUT2D eigenvalue weighted by Gasteiger charge is -2.17. The summed E-state index contributed by atoms with van der Waals surface area (Å²) in [5.41, 5.74) is 0. The highest BCUT2D eigenvalue weighted by molar-refractivity contribution is 5.72. The molecule has 0 bridgehead atoms. The molecule has 0 saturated carbocycles. The zero-order chi connectivity index (χ0) is 18.2. The number of ether oxygens (including phenoxy) is 2. The van der Waals surface area contributed by atoms with Crippen molar-refractivity contribution in [3.05, 3.63) is 0 Å². The summed E-state index contributed by atoms with van der Waals surface area (Å²) in [6.07, 6.45) is 8.44. The molecular weight excluding hydrogens is 306 g/mol. The first kappa shape index (κ1) is 22.7. The fourth-order valence-corrected chi connectivity index (χ4v) is 2.41. The van der Waals surface area contributed by atoms with Gasteiger partial charge in [-0.15, -0.1) is 0 Å². The van der Waals surface area contributed by atoms with Crippen LogP contribution in [0.25, 0.3) is 0 Å². The highest BCUT2D eigenvalue weighted by atomic mass is 16.5. The lowest BCUT2D eigenvalue weighted by atomic mass is 10.0. The van der Waals surface area contributed by atoms with Crippen LogP contribution in [0.5, 0.6) is 0 Å². The minimum atomic E-state index is -0.451. The van der Waals surface area contributed by atoms with E-state index < -0.39 is 6.09 Å². The fourth-order valence-electron chi connectivity index (χ4n) is 2.41. The molecule has 0 saturated heterocycles. The average molecular weight is 344 g/mol. The Hall–Kier alpha value is -1.26. The summed E-state index contributed by atoms with van der Waals surface area (Å²) in [7, 11) is 0. The van der Waals surface area contributed by atoms with E-state index in [9.17, 15) is 9.59 Å². The summed E-state index contributed by atoms with van der Waals surface area (Å²) in [4.78, 5) is 23.5. The summed E-state index contributed by atoms with van der Waals surface area (Å²) < 4.78 is 10.4. The molecule has 142 valence electrons. The van der Waals surface area contributed by atoms with Crippen molar-refractivity contribution in [3.63, 3.8) is 0 Å². The summed E-state index contributed by atoms with van der Waals surface area (Å²) in [6, 6.07) is -0.281. The molecular formula is C19H37NO4. The molecule has 0 aromatic heterocycles. The predicted octanol–water partition coefficient (Wildman–Crippen LogP) is 4.83. The van der Waals surface area contributed by atoms with Gasteiger partial charge in [0.05, 0.1) is 19.6 Å². The monoisotopic (exact) mass is 343 g/mol. The van der Waals surface area contributed by atoms with E-state index in [4.69, 9.17) is 9.47 Å². The van der Waals surface area contributed by atoms with Crippen molar-refractivity contribution >= 4 is 12.1 Å². The standard InChI is InChI=1S/C19H37NO4/c1-5-8-10-11-13-23-18(21)14-16(4)20-19(22)24-15-17(7-3)12-9-6-2/h16-17H,5-15H2,1-4H3,(H,20,22). The number of hydrogen-bond donors (Lipinski definition) is 1. The van der Waals surface area contributed by atoms with Crippen LogP contribution in [0.3, 0.4) is 0 Å². The van der Waals surface area contributed by atoms with Gasteiger partial charge in [0.15, 0.2) is 0 Å². The Kier molecular flexibility index (Phi) is 14.5. The van der Waals surface area contributed by atoms with Crippen molar-refractivity contribution in [1.82, 2.24) is 5.32 Å². The van der Waals surface area contributed by atoms with Gasteiger partial charge >= 0.3 is 12.1 Å². The van der Waals surface area contributed by atoms with E-state index >= 15 is 0 Å². The molecule has 0 aliphatic rings. The van der Waals surface area contributed by atoms with Crippen LogP contribution in [0.2, 0.25) is 0 Å². The molecule has 0 spiro atoms. The number of amides is 1. The molecule has 2 unspecified atom stereocenters. The summed E-state index contributed by atoms with van der Waals surface area (Å²) in [5, 5.41) is 2.70. The molecule has 5 heteroatoms. The Morgan fingerprint density at radius 3 is 2.29 bits per heavy atom. The van der Waals surface area contributed by atoms with E-state index in [2.05, 4.69) is 26.1 Å². The van der Waals surface area contributed by atoms with Gasteiger partial charge in [0, 0.05) is 6.04 Å². The third-order valence-electron chi connectivity index (χ3n) is 4.09. The van der Waals surface area contributed by atoms with Gasteiger partial charge < -0.3 is 14.8 Å². The Morgan fingerprint density at radius 2 is 1.67 bits per heavy atom. The Balaban J connectivity index is 3.82. The van der Waals surface area contributed by atoms with Crippen molar-refractivity contribution in [2.24, 2.45) is 5.92 Å². The SMILES string of the molecule is CCCCCCOC(=O)CC(C)NC(=O)OCC(CC)CCCC. The molecule has 0 heterocycles.